The molecule has 15 heteroatoms. The first-order valence-corrected chi connectivity index (χ1v) is 17.5. The Bertz CT molecular complexity index is 1740. The standard InChI is InChI=1S/C36H46N6O8S/c1-20-14-25-31(38-11-12-42-18-27(40-41-42)24-10-13-51-19-24)28(43)17-26(33(25)45)39-35(46)21(2)8-7-9-29(48-5)34(50-36(37)47)23(4)16-22(3)32(44)30(15-20)49-6/h7-10,13,16-20,22,29-30,32,34,38,44H,11-12,14-15H2,1-6H3,(H2,37,47)(H,39,46)/b9-7-,21-8+,23-16+/t20-,22+,29+,30+,32-,34+/m1/s1. The third kappa shape index (κ3) is 10.2. The first kappa shape index (κ1) is 39.1. The van der Waals surface area contributed by atoms with Crippen LogP contribution in [0.3, 0.4) is 0 Å². The van der Waals surface area contributed by atoms with Gasteiger partial charge in [0, 0.05) is 54.8 Å². The highest BCUT2D eigenvalue weighted by Crippen LogP contribution is 2.29. The average molecular weight is 723 g/mol. The highest BCUT2D eigenvalue weighted by atomic mass is 32.1. The highest BCUT2D eigenvalue weighted by Gasteiger charge is 2.33. The van der Waals surface area contributed by atoms with Gasteiger partial charge in [0.2, 0.25) is 11.6 Å². The summed E-state index contributed by atoms with van der Waals surface area (Å²) >= 11 is 1.56. The van der Waals surface area contributed by atoms with E-state index in [0.717, 1.165) is 17.3 Å². The van der Waals surface area contributed by atoms with Gasteiger partial charge in [0.1, 0.15) is 11.8 Å². The topological polar surface area (TPSA) is 197 Å². The number of Topliss-reactive ketones (excluding diaryl/α,β-unsaturated/α-hetero) is 1. The van der Waals surface area contributed by atoms with Crippen LogP contribution in [-0.4, -0.2) is 88.8 Å². The zero-order valence-electron chi connectivity index (χ0n) is 29.6. The fraction of sp³-hybridized carbons (Fsp3) is 0.444. The Morgan fingerprint density at radius 2 is 1.96 bits per heavy atom. The number of primary amides is 1. The number of aliphatic hydroxyl groups is 1. The number of nitrogens with zero attached hydrogens (tertiary/aromatic N) is 3. The van der Waals surface area contributed by atoms with Gasteiger partial charge in [-0.2, -0.15) is 11.3 Å². The number of rotatable bonds is 8. The van der Waals surface area contributed by atoms with E-state index in [9.17, 15) is 24.3 Å². The summed E-state index contributed by atoms with van der Waals surface area (Å²) in [5, 5.41) is 29.5. The van der Waals surface area contributed by atoms with Crippen molar-refractivity contribution in [1.29, 1.82) is 0 Å². The molecular weight excluding hydrogens is 676 g/mol. The van der Waals surface area contributed by atoms with E-state index in [1.54, 1.807) is 55.0 Å². The van der Waals surface area contributed by atoms with Gasteiger partial charge in [-0.15, -0.1) is 5.10 Å². The molecule has 2 aromatic heterocycles. The van der Waals surface area contributed by atoms with Gasteiger partial charge in [-0.25, -0.2) is 4.79 Å². The van der Waals surface area contributed by atoms with Crippen LogP contribution in [0, 0.1) is 11.8 Å². The molecule has 0 saturated heterocycles. The zero-order valence-corrected chi connectivity index (χ0v) is 30.4. The highest BCUT2D eigenvalue weighted by molar-refractivity contribution is 7.08. The lowest BCUT2D eigenvalue weighted by Gasteiger charge is -2.30. The average Bonchev–Trinajstić information content (AvgIpc) is 3.80. The smallest absolute Gasteiger partial charge is 0.405 e. The number of thiophene rings is 1. The van der Waals surface area contributed by atoms with E-state index < -0.39 is 53.9 Å². The minimum Gasteiger partial charge on any atom is -0.439 e. The largest absolute Gasteiger partial charge is 0.439 e. The summed E-state index contributed by atoms with van der Waals surface area (Å²) in [5.74, 6) is -2.26. The van der Waals surface area contributed by atoms with Crippen molar-refractivity contribution in [3.63, 3.8) is 0 Å². The summed E-state index contributed by atoms with van der Waals surface area (Å²) in [6, 6.07) is 1.95. The van der Waals surface area contributed by atoms with E-state index in [-0.39, 0.29) is 41.4 Å². The second-order valence-corrected chi connectivity index (χ2v) is 13.5. The maximum Gasteiger partial charge on any atom is 0.405 e. The molecule has 2 aliphatic rings. The lowest BCUT2D eigenvalue weighted by molar-refractivity contribution is -0.120. The normalized spacial score (nSPS) is 28.2. The second-order valence-electron chi connectivity index (χ2n) is 12.7. The predicted octanol–water partition coefficient (Wildman–Crippen LogP) is 3.37. The van der Waals surface area contributed by atoms with Gasteiger partial charge in [0.05, 0.1) is 36.3 Å². The van der Waals surface area contributed by atoms with E-state index in [0.29, 0.717) is 18.5 Å². The Labute approximate surface area is 301 Å². The molecule has 0 spiro atoms. The monoisotopic (exact) mass is 722 g/mol. The number of ether oxygens (including phenoxy) is 3. The van der Waals surface area contributed by atoms with Gasteiger partial charge < -0.3 is 35.7 Å². The van der Waals surface area contributed by atoms with Crippen molar-refractivity contribution in [2.45, 2.75) is 71.5 Å². The number of amides is 2. The molecule has 2 amide bonds. The second kappa shape index (κ2) is 18.0. The molecule has 1 aliphatic carbocycles. The number of hydrogen-bond donors (Lipinski definition) is 4. The van der Waals surface area contributed by atoms with Crippen molar-refractivity contribution in [2.75, 3.05) is 20.8 Å². The Kier molecular flexibility index (Phi) is 13.8. The zero-order chi connectivity index (χ0) is 37.2. The van der Waals surface area contributed by atoms with E-state index in [1.165, 1.54) is 20.3 Å². The van der Waals surface area contributed by atoms with Gasteiger partial charge in [0.25, 0.3) is 5.91 Å². The summed E-state index contributed by atoms with van der Waals surface area (Å²) in [4.78, 5) is 52.5. The molecular formula is C36H46N6O8S. The van der Waals surface area contributed by atoms with Crippen LogP contribution in [0.1, 0.15) is 40.5 Å². The van der Waals surface area contributed by atoms with Crippen molar-refractivity contribution in [2.24, 2.45) is 17.6 Å². The summed E-state index contributed by atoms with van der Waals surface area (Å²) in [6.45, 7) is 7.63. The van der Waals surface area contributed by atoms with Crippen molar-refractivity contribution in [3.05, 3.63) is 81.5 Å². The first-order chi connectivity index (χ1) is 24.3. The summed E-state index contributed by atoms with van der Waals surface area (Å²) in [5.41, 5.74) is 8.08. The number of ketones is 2. The van der Waals surface area contributed by atoms with Crippen molar-refractivity contribution >= 4 is 34.9 Å². The molecule has 4 rings (SSSR count). The maximum atomic E-state index is 13.9. The molecule has 0 saturated carbocycles. The van der Waals surface area contributed by atoms with Crippen LogP contribution < -0.4 is 16.4 Å². The summed E-state index contributed by atoms with van der Waals surface area (Å²) in [6.07, 6.45) is 5.44. The number of methoxy groups -OCH3 is 2. The maximum absolute atomic E-state index is 13.9. The van der Waals surface area contributed by atoms with Crippen LogP contribution in [-0.2, 0) is 35.1 Å². The molecule has 2 aromatic rings. The molecule has 6 atom stereocenters. The molecule has 5 N–H and O–H groups in total. The van der Waals surface area contributed by atoms with E-state index in [2.05, 4.69) is 20.9 Å². The minimum atomic E-state index is -1.01. The third-order valence-corrected chi connectivity index (χ3v) is 9.48. The number of carbonyl (C=O) groups is 4. The van der Waals surface area contributed by atoms with Gasteiger partial charge in [-0.05, 0) is 49.6 Å². The van der Waals surface area contributed by atoms with Gasteiger partial charge >= 0.3 is 6.09 Å². The van der Waals surface area contributed by atoms with E-state index >= 15 is 0 Å². The Balaban J connectivity index is 1.65. The van der Waals surface area contributed by atoms with Crippen LogP contribution in [0.4, 0.5) is 4.79 Å². The molecule has 1 aliphatic heterocycles. The van der Waals surface area contributed by atoms with Gasteiger partial charge in [0.15, 0.2) is 6.10 Å². The number of aliphatic hydroxyl groups excluding tert-OH is 1. The number of nitrogens with two attached hydrogens (primary N) is 1. The van der Waals surface area contributed by atoms with Gasteiger partial charge in [-0.1, -0.05) is 43.4 Å². The molecule has 0 unspecified atom stereocenters. The number of nitrogens with one attached hydrogen (secondary N) is 2. The first-order valence-electron chi connectivity index (χ1n) is 16.6. The molecule has 51 heavy (non-hydrogen) atoms. The molecule has 274 valence electrons. The van der Waals surface area contributed by atoms with Crippen LogP contribution in [0.25, 0.3) is 11.3 Å². The van der Waals surface area contributed by atoms with Crippen LogP contribution in [0.15, 0.2) is 81.5 Å². The quantitative estimate of drug-likeness (QED) is 0.230. The molecule has 0 aromatic carbocycles. The van der Waals surface area contributed by atoms with Crippen LogP contribution in [0.2, 0.25) is 0 Å². The van der Waals surface area contributed by atoms with Crippen LogP contribution >= 0.6 is 11.3 Å². The van der Waals surface area contributed by atoms with Gasteiger partial charge in [-0.3, -0.25) is 19.1 Å². The minimum absolute atomic E-state index is 0.136. The van der Waals surface area contributed by atoms with E-state index in [1.807, 2.05) is 29.9 Å². The fourth-order valence-corrected chi connectivity index (χ4v) is 6.67. The summed E-state index contributed by atoms with van der Waals surface area (Å²) < 4.78 is 18.4. The fourth-order valence-electron chi connectivity index (χ4n) is 6.02. The van der Waals surface area contributed by atoms with Crippen molar-refractivity contribution < 1.29 is 38.5 Å². The number of carbonyl (C=O) groups excluding carboxylic acids is 4. The summed E-state index contributed by atoms with van der Waals surface area (Å²) in [7, 11) is 2.92. The Morgan fingerprint density at radius 1 is 1.20 bits per heavy atom. The lowest BCUT2D eigenvalue weighted by atomic mass is 9.85. The number of allylic oxidation sites excluding steroid dienone is 4. The number of fused-ring (bicyclic) bond motifs is 2. The molecule has 3 heterocycles. The Morgan fingerprint density at radius 3 is 2.63 bits per heavy atom. The van der Waals surface area contributed by atoms with Crippen LogP contribution in [0.5, 0.6) is 0 Å². The van der Waals surface area contributed by atoms with Crippen molar-refractivity contribution in [1.82, 2.24) is 25.6 Å². The predicted molar refractivity (Wildman–Crippen MR) is 191 cm³/mol. The van der Waals surface area contributed by atoms with Crippen molar-refractivity contribution in [3.8, 4) is 11.3 Å². The van der Waals surface area contributed by atoms with E-state index in [4.69, 9.17) is 19.9 Å². The Hall–Kier alpha value is -4.70. The SMILES string of the molecule is CO[C@H]1/C=C\C=C(/C)C(=O)NC2=CC(=O)C(NCCn3cc(-c4ccsc4)nn3)=C(C[C@@H](C)C[C@H](OC)[C@H](O)[C@@H](C)/C=C(\C)[C@@H]1OC(N)=O)C2=O. The molecule has 0 radical (unpaired) electrons. The third-order valence-electron chi connectivity index (χ3n) is 8.79. The lowest BCUT2D eigenvalue weighted by Crippen LogP contribution is -2.38. The molecule has 14 nitrogen and oxygen atoms in total. The molecule has 2 bridgehead atoms. The molecule has 0 fully saturated rings. The number of hydrogen-bond acceptors (Lipinski definition) is 12. The number of aromatic nitrogens is 3.